The molecule has 0 aliphatic heterocycles. The molecule has 0 radical (unpaired) electrons. The molecule has 1 atom stereocenters. The van der Waals surface area contributed by atoms with Gasteiger partial charge in [0.15, 0.2) is 0 Å². The molecule has 0 spiro atoms. The Labute approximate surface area is 110 Å². The lowest BCUT2D eigenvalue weighted by Gasteiger charge is -2.15. The van der Waals surface area contributed by atoms with Gasteiger partial charge in [-0.3, -0.25) is 4.79 Å². The number of carbonyl (C=O) groups is 1. The van der Waals surface area contributed by atoms with Crippen LogP contribution in [0.3, 0.4) is 0 Å². The van der Waals surface area contributed by atoms with Crippen LogP contribution in [0.4, 0.5) is 0 Å². The molecule has 1 amide bonds. The standard InChI is InChI=1S/C13H17BrN2O/c1-9(11-4-2-3-5-12(11)14)15-8-13(17)16-10-6-7-10/h2-5,9-10,15H,6-8H2,1H3,(H,16,17)/t9-/m0/s1. The first kappa shape index (κ1) is 12.6. The molecule has 1 aromatic rings. The largest absolute Gasteiger partial charge is 0.352 e. The van der Waals surface area contributed by atoms with Gasteiger partial charge in [0.1, 0.15) is 0 Å². The third-order valence-electron chi connectivity index (χ3n) is 2.88. The van der Waals surface area contributed by atoms with Crippen LogP contribution in [0.25, 0.3) is 0 Å². The van der Waals surface area contributed by atoms with Crippen molar-refractivity contribution in [3.63, 3.8) is 0 Å². The average molecular weight is 297 g/mol. The van der Waals surface area contributed by atoms with Gasteiger partial charge in [0, 0.05) is 16.6 Å². The highest BCUT2D eigenvalue weighted by molar-refractivity contribution is 9.10. The molecule has 1 aliphatic carbocycles. The van der Waals surface area contributed by atoms with Gasteiger partial charge in [0.2, 0.25) is 5.91 Å². The van der Waals surface area contributed by atoms with Gasteiger partial charge in [-0.25, -0.2) is 0 Å². The van der Waals surface area contributed by atoms with Crippen molar-refractivity contribution in [2.75, 3.05) is 6.54 Å². The molecule has 0 bridgehead atoms. The minimum absolute atomic E-state index is 0.0893. The Morgan fingerprint density at radius 2 is 2.18 bits per heavy atom. The Bertz CT molecular complexity index is 404. The summed E-state index contributed by atoms with van der Waals surface area (Å²) in [6.07, 6.45) is 2.26. The van der Waals surface area contributed by atoms with Crippen LogP contribution < -0.4 is 10.6 Å². The monoisotopic (exact) mass is 296 g/mol. The normalized spacial score (nSPS) is 16.6. The van der Waals surface area contributed by atoms with Crippen molar-refractivity contribution in [3.05, 3.63) is 34.3 Å². The van der Waals surface area contributed by atoms with Crippen LogP contribution >= 0.6 is 15.9 Å². The van der Waals surface area contributed by atoms with Crippen molar-refractivity contribution >= 4 is 21.8 Å². The lowest BCUT2D eigenvalue weighted by molar-refractivity contribution is -0.120. The molecule has 1 saturated carbocycles. The first-order valence-electron chi connectivity index (χ1n) is 5.94. The molecule has 0 unspecified atom stereocenters. The van der Waals surface area contributed by atoms with E-state index in [0.717, 1.165) is 17.3 Å². The fourth-order valence-electron chi connectivity index (χ4n) is 1.69. The molecule has 1 aliphatic rings. The topological polar surface area (TPSA) is 41.1 Å². The summed E-state index contributed by atoms with van der Waals surface area (Å²) in [5.41, 5.74) is 1.17. The summed E-state index contributed by atoms with van der Waals surface area (Å²) in [6.45, 7) is 2.43. The Kier molecular flexibility index (Phi) is 4.18. The van der Waals surface area contributed by atoms with Gasteiger partial charge in [0.05, 0.1) is 6.54 Å². The molecule has 2 rings (SSSR count). The van der Waals surface area contributed by atoms with Gasteiger partial charge in [-0.15, -0.1) is 0 Å². The number of hydrogen-bond acceptors (Lipinski definition) is 2. The van der Waals surface area contributed by atoms with Gasteiger partial charge in [0.25, 0.3) is 0 Å². The maximum atomic E-state index is 11.5. The number of nitrogens with one attached hydrogen (secondary N) is 2. The van der Waals surface area contributed by atoms with Crippen molar-refractivity contribution in [1.82, 2.24) is 10.6 Å². The Balaban J connectivity index is 1.82. The summed E-state index contributed by atoms with van der Waals surface area (Å²) < 4.78 is 1.07. The number of hydrogen-bond donors (Lipinski definition) is 2. The Morgan fingerprint density at radius 1 is 1.47 bits per heavy atom. The van der Waals surface area contributed by atoms with E-state index < -0.39 is 0 Å². The average Bonchev–Trinajstić information content (AvgIpc) is 3.10. The highest BCUT2D eigenvalue weighted by Gasteiger charge is 2.23. The lowest BCUT2D eigenvalue weighted by atomic mass is 10.1. The highest BCUT2D eigenvalue weighted by atomic mass is 79.9. The number of carbonyl (C=O) groups excluding carboxylic acids is 1. The fraction of sp³-hybridized carbons (Fsp3) is 0.462. The molecule has 0 aromatic heterocycles. The summed E-state index contributed by atoms with van der Waals surface area (Å²) in [4.78, 5) is 11.5. The third kappa shape index (κ3) is 3.82. The van der Waals surface area contributed by atoms with Crippen LogP contribution in [0.15, 0.2) is 28.7 Å². The van der Waals surface area contributed by atoms with Gasteiger partial charge in [-0.2, -0.15) is 0 Å². The van der Waals surface area contributed by atoms with E-state index in [1.54, 1.807) is 0 Å². The minimum Gasteiger partial charge on any atom is -0.352 e. The molecule has 1 aromatic carbocycles. The van der Waals surface area contributed by atoms with Gasteiger partial charge < -0.3 is 10.6 Å². The van der Waals surface area contributed by atoms with Crippen LogP contribution in [0.1, 0.15) is 31.4 Å². The zero-order valence-electron chi connectivity index (χ0n) is 9.87. The number of halogens is 1. The van der Waals surface area contributed by atoms with Crippen molar-refractivity contribution < 1.29 is 4.79 Å². The summed E-state index contributed by atoms with van der Waals surface area (Å²) in [7, 11) is 0. The Morgan fingerprint density at radius 3 is 2.82 bits per heavy atom. The molecule has 0 heterocycles. The molecular weight excluding hydrogens is 280 g/mol. The highest BCUT2D eigenvalue weighted by Crippen LogP contribution is 2.22. The van der Waals surface area contributed by atoms with Gasteiger partial charge >= 0.3 is 0 Å². The smallest absolute Gasteiger partial charge is 0.234 e. The second kappa shape index (κ2) is 5.65. The number of benzene rings is 1. The second-order valence-corrected chi connectivity index (χ2v) is 5.32. The van der Waals surface area contributed by atoms with Crippen LogP contribution in [0.5, 0.6) is 0 Å². The summed E-state index contributed by atoms with van der Waals surface area (Å²) >= 11 is 3.51. The quantitative estimate of drug-likeness (QED) is 0.876. The zero-order chi connectivity index (χ0) is 12.3. The molecule has 1 fully saturated rings. The molecule has 0 saturated heterocycles. The van der Waals surface area contributed by atoms with Crippen molar-refractivity contribution in [3.8, 4) is 0 Å². The van der Waals surface area contributed by atoms with Crippen LogP contribution in [0, 0.1) is 0 Å². The van der Waals surface area contributed by atoms with E-state index in [1.165, 1.54) is 5.56 Å². The Hall–Kier alpha value is -0.870. The molecule has 92 valence electrons. The first-order valence-corrected chi connectivity index (χ1v) is 6.73. The summed E-state index contributed by atoms with van der Waals surface area (Å²) in [5.74, 6) is 0.0893. The lowest BCUT2D eigenvalue weighted by Crippen LogP contribution is -2.36. The van der Waals surface area contributed by atoms with E-state index >= 15 is 0 Å². The molecular formula is C13H17BrN2O. The van der Waals surface area contributed by atoms with E-state index in [4.69, 9.17) is 0 Å². The van der Waals surface area contributed by atoms with E-state index in [2.05, 4.69) is 39.6 Å². The fourth-order valence-corrected chi connectivity index (χ4v) is 2.32. The van der Waals surface area contributed by atoms with Crippen LogP contribution in [-0.2, 0) is 4.79 Å². The maximum Gasteiger partial charge on any atom is 0.234 e. The first-order chi connectivity index (χ1) is 8.16. The second-order valence-electron chi connectivity index (χ2n) is 4.47. The van der Waals surface area contributed by atoms with Gasteiger partial charge in [-0.05, 0) is 31.4 Å². The van der Waals surface area contributed by atoms with Crippen molar-refractivity contribution in [2.45, 2.75) is 31.8 Å². The predicted molar refractivity (Wildman–Crippen MR) is 71.7 cm³/mol. The SMILES string of the molecule is C[C@H](NCC(=O)NC1CC1)c1ccccc1Br. The summed E-state index contributed by atoms with van der Waals surface area (Å²) in [5, 5.41) is 6.19. The molecule has 4 heteroatoms. The van der Waals surface area contributed by atoms with E-state index in [0.29, 0.717) is 12.6 Å². The molecule has 3 nitrogen and oxygen atoms in total. The van der Waals surface area contributed by atoms with Crippen molar-refractivity contribution in [1.29, 1.82) is 0 Å². The summed E-state index contributed by atoms with van der Waals surface area (Å²) in [6, 6.07) is 8.65. The van der Waals surface area contributed by atoms with Crippen molar-refractivity contribution in [2.24, 2.45) is 0 Å². The van der Waals surface area contributed by atoms with Crippen LogP contribution in [0.2, 0.25) is 0 Å². The van der Waals surface area contributed by atoms with Crippen LogP contribution in [-0.4, -0.2) is 18.5 Å². The number of amides is 1. The van der Waals surface area contributed by atoms with Gasteiger partial charge in [-0.1, -0.05) is 34.1 Å². The molecule has 17 heavy (non-hydrogen) atoms. The maximum absolute atomic E-state index is 11.5. The third-order valence-corrected chi connectivity index (χ3v) is 3.61. The number of rotatable bonds is 5. The predicted octanol–water partition coefficient (Wildman–Crippen LogP) is 2.38. The van der Waals surface area contributed by atoms with E-state index in [-0.39, 0.29) is 11.9 Å². The van der Waals surface area contributed by atoms with E-state index in [1.807, 2.05) is 18.2 Å². The minimum atomic E-state index is 0.0893. The zero-order valence-corrected chi connectivity index (χ0v) is 11.5. The molecule has 2 N–H and O–H groups in total. The van der Waals surface area contributed by atoms with E-state index in [9.17, 15) is 4.79 Å².